The zero-order valence-electron chi connectivity index (χ0n) is 13.9. The lowest BCUT2D eigenvalue weighted by atomic mass is 9.47. The zero-order valence-corrected chi connectivity index (χ0v) is 13.9. The summed E-state index contributed by atoms with van der Waals surface area (Å²) in [6, 6.07) is 0. The first-order chi connectivity index (χ1) is 10.5. The Morgan fingerprint density at radius 3 is 2.64 bits per heavy atom. The molecule has 6 unspecified atom stereocenters. The topological polar surface area (TPSA) is 52.8 Å². The lowest BCUT2D eigenvalue weighted by Gasteiger charge is -2.57. The molecule has 0 saturated heterocycles. The Labute approximate surface area is 133 Å². The van der Waals surface area contributed by atoms with E-state index in [2.05, 4.69) is 25.1 Å². The summed E-state index contributed by atoms with van der Waals surface area (Å²) < 4.78 is 0. The summed E-state index contributed by atoms with van der Waals surface area (Å²) in [5.41, 5.74) is 2.86. The summed E-state index contributed by atoms with van der Waals surface area (Å²) in [5.74, 6) is 2.26. The monoisotopic (exact) mass is 303 g/mol. The minimum absolute atomic E-state index is 0.0809. The van der Waals surface area contributed by atoms with Gasteiger partial charge in [-0.2, -0.15) is 0 Å². The van der Waals surface area contributed by atoms with Crippen LogP contribution in [0.15, 0.2) is 16.8 Å². The van der Waals surface area contributed by atoms with E-state index in [0.717, 1.165) is 43.2 Å². The number of nitrogens with zero attached hydrogens (tertiary/aromatic N) is 1. The van der Waals surface area contributed by atoms with Gasteiger partial charge in [-0.1, -0.05) is 24.6 Å². The first-order valence-electron chi connectivity index (χ1n) is 9.09. The van der Waals surface area contributed by atoms with E-state index in [1.54, 1.807) is 0 Å². The Kier molecular flexibility index (Phi) is 3.24. The Balaban J connectivity index is 1.68. The van der Waals surface area contributed by atoms with Crippen molar-refractivity contribution in [3.63, 3.8) is 0 Å². The highest BCUT2D eigenvalue weighted by atomic mass is 16.4. The number of aliphatic hydroxyl groups is 1. The van der Waals surface area contributed by atoms with Crippen LogP contribution < -0.4 is 0 Å². The van der Waals surface area contributed by atoms with Crippen LogP contribution in [0.2, 0.25) is 0 Å². The maximum absolute atomic E-state index is 10.5. The van der Waals surface area contributed by atoms with Gasteiger partial charge in [0.1, 0.15) is 0 Å². The minimum atomic E-state index is -0.0809. The van der Waals surface area contributed by atoms with Crippen LogP contribution in [0.1, 0.15) is 65.2 Å². The van der Waals surface area contributed by atoms with Crippen molar-refractivity contribution in [3.05, 3.63) is 11.6 Å². The molecule has 6 atom stereocenters. The van der Waals surface area contributed by atoms with Gasteiger partial charge in [-0.15, -0.1) is 0 Å². The van der Waals surface area contributed by atoms with Crippen LogP contribution in [0.5, 0.6) is 0 Å². The van der Waals surface area contributed by atoms with Gasteiger partial charge in [-0.05, 0) is 86.0 Å². The predicted octanol–water partition coefficient (Wildman–Crippen LogP) is 4.14. The molecule has 4 aliphatic rings. The maximum Gasteiger partial charge on any atom is 0.0795 e. The van der Waals surface area contributed by atoms with E-state index in [4.69, 9.17) is 5.21 Å². The SMILES string of the molecule is CC12CC/C(=N\O)C=C1CCC1C2CCC2(C)C(O)CCC12. The fraction of sp³-hybridized carbons (Fsp3) is 0.842. The highest BCUT2D eigenvalue weighted by Crippen LogP contribution is 2.65. The van der Waals surface area contributed by atoms with Crippen LogP contribution in [0.25, 0.3) is 0 Å². The molecule has 0 heterocycles. The van der Waals surface area contributed by atoms with Gasteiger partial charge < -0.3 is 10.3 Å². The van der Waals surface area contributed by atoms with Gasteiger partial charge in [-0.3, -0.25) is 0 Å². The fourth-order valence-electron chi connectivity index (χ4n) is 6.62. The second-order valence-corrected chi connectivity index (χ2v) is 8.73. The van der Waals surface area contributed by atoms with E-state index < -0.39 is 0 Å². The second kappa shape index (κ2) is 4.83. The molecular weight excluding hydrogens is 274 g/mol. The molecule has 2 N–H and O–H groups in total. The minimum Gasteiger partial charge on any atom is -0.411 e. The maximum atomic E-state index is 10.5. The standard InChI is InChI=1S/C19H29NO2/c1-18-9-7-13(20-22)11-12(18)3-4-14-15-5-6-17(21)19(15,2)10-8-16(14)18/h11,14-17,21-22H,3-10H2,1-2H3/b20-13+. The molecule has 4 aliphatic carbocycles. The summed E-state index contributed by atoms with van der Waals surface area (Å²) in [5, 5.41) is 23.0. The average molecular weight is 303 g/mol. The van der Waals surface area contributed by atoms with Gasteiger partial charge >= 0.3 is 0 Å². The van der Waals surface area contributed by atoms with E-state index in [9.17, 15) is 5.11 Å². The number of fused-ring (bicyclic) bond motifs is 5. The normalized spacial score (nSPS) is 52.7. The zero-order chi connectivity index (χ0) is 15.5. The van der Waals surface area contributed by atoms with Crippen molar-refractivity contribution in [3.8, 4) is 0 Å². The van der Waals surface area contributed by atoms with E-state index in [1.165, 1.54) is 31.3 Å². The van der Waals surface area contributed by atoms with Gasteiger partial charge in [0.2, 0.25) is 0 Å². The lowest BCUT2D eigenvalue weighted by Crippen LogP contribution is -2.51. The third-order valence-electron chi connectivity index (χ3n) is 8.06. The van der Waals surface area contributed by atoms with Crippen LogP contribution in [0.4, 0.5) is 0 Å². The molecule has 0 aromatic carbocycles. The molecule has 3 heteroatoms. The summed E-state index contributed by atoms with van der Waals surface area (Å²) in [6.45, 7) is 4.80. The van der Waals surface area contributed by atoms with Gasteiger partial charge in [-0.25, -0.2) is 0 Å². The van der Waals surface area contributed by atoms with E-state index in [-0.39, 0.29) is 11.5 Å². The van der Waals surface area contributed by atoms with Crippen LogP contribution in [0, 0.1) is 28.6 Å². The van der Waals surface area contributed by atoms with Crippen molar-refractivity contribution < 1.29 is 10.3 Å². The highest BCUT2D eigenvalue weighted by molar-refractivity contribution is 5.96. The third-order valence-corrected chi connectivity index (χ3v) is 8.06. The summed E-state index contributed by atoms with van der Waals surface area (Å²) in [7, 11) is 0. The van der Waals surface area contributed by atoms with Crippen LogP contribution >= 0.6 is 0 Å². The second-order valence-electron chi connectivity index (χ2n) is 8.73. The van der Waals surface area contributed by atoms with Gasteiger partial charge in [0.25, 0.3) is 0 Å². The molecule has 0 aromatic heterocycles. The number of aliphatic hydroxyl groups excluding tert-OH is 1. The van der Waals surface area contributed by atoms with Crippen molar-refractivity contribution >= 4 is 5.71 Å². The molecule has 4 rings (SSSR count). The molecule has 3 saturated carbocycles. The van der Waals surface area contributed by atoms with Crippen molar-refractivity contribution in [2.24, 2.45) is 33.7 Å². The summed E-state index contributed by atoms with van der Waals surface area (Å²) in [4.78, 5) is 0. The van der Waals surface area contributed by atoms with Gasteiger partial charge in [0.15, 0.2) is 0 Å². The van der Waals surface area contributed by atoms with E-state index in [0.29, 0.717) is 11.3 Å². The van der Waals surface area contributed by atoms with Crippen LogP contribution in [-0.2, 0) is 0 Å². The summed E-state index contributed by atoms with van der Waals surface area (Å²) in [6.07, 6.45) is 11.2. The molecule has 3 nitrogen and oxygen atoms in total. The van der Waals surface area contributed by atoms with Crippen molar-refractivity contribution in [2.75, 3.05) is 0 Å². The predicted molar refractivity (Wildman–Crippen MR) is 86.9 cm³/mol. The number of hydrogen-bond donors (Lipinski definition) is 2. The third kappa shape index (κ3) is 1.81. The average Bonchev–Trinajstić information content (AvgIpc) is 2.82. The molecule has 0 radical (unpaired) electrons. The molecule has 22 heavy (non-hydrogen) atoms. The molecule has 0 amide bonds. The Morgan fingerprint density at radius 1 is 1.05 bits per heavy atom. The molecule has 0 bridgehead atoms. The number of rotatable bonds is 0. The molecule has 0 spiro atoms. The number of hydrogen-bond acceptors (Lipinski definition) is 3. The molecule has 122 valence electrons. The first kappa shape index (κ1) is 14.7. The fourth-order valence-corrected chi connectivity index (χ4v) is 6.62. The molecular formula is C19H29NO2. The van der Waals surface area contributed by atoms with Crippen molar-refractivity contribution in [1.82, 2.24) is 0 Å². The first-order valence-corrected chi connectivity index (χ1v) is 9.09. The van der Waals surface area contributed by atoms with E-state index >= 15 is 0 Å². The molecule has 0 aromatic rings. The largest absolute Gasteiger partial charge is 0.411 e. The van der Waals surface area contributed by atoms with Crippen LogP contribution in [-0.4, -0.2) is 22.1 Å². The van der Waals surface area contributed by atoms with Crippen molar-refractivity contribution in [2.45, 2.75) is 71.3 Å². The highest BCUT2D eigenvalue weighted by Gasteiger charge is 2.58. The smallest absolute Gasteiger partial charge is 0.0795 e. The Bertz CT molecular complexity index is 540. The van der Waals surface area contributed by atoms with Gasteiger partial charge in [0, 0.05) is 0 Å². The number of allylic oxidation sites excluding steroid dienone is 2. The van der Waals surface area contributed by atoms with Gasteiger partial charge in [0.05, 0.1) is 11.8 Å². The molecule has 3 fully saturated rings. The van der Waals surface area contributed by atoms with E-state index in [1.807, 2.05) is 0 Å². The van der Waals surface area contributed by atoms with Crippen LogP contribution in [0.3, 0.4) is 0 Å². The quantitative estimate of drug-likeness (QED) is 0.522. The lowest BCUT2D eigenvalue weighted by molar-refractivity contribution is -0.0722. The van der Waals surface area contributed by atoms with Crippen molar-refractivity contribution in [1.29, 1.82) is 0 Å². The molecule has 0 aliphatic heterocycles. The summed E-state index contributed by atoms with van der Waals surface area (Å²) >= 11 is 0. The Hall–Kier alpha value is -0.830. The number of oxime groups is 1. The Morgan fingerprint density at radius 2 is 1.86 bits per heavy atom.